The second-order valence-corrected chi connectivity index (χ2v) is 21.0. The summed E-state index contributed by atoms with van der Waals surface area (Å²) in [7, 11) is 0. The molecule has 0 heterocycles. The zero-order valence-corrected chi connectivity index (χ0v) is 45.4. The normalized spacial score (nSPS) is 12.6. The van der Waals surface area contributed by atoms with Crippen molar-refractivity contribution < 1.29 is 24.5 Å². The highest BCUT2D eigenvalue weighted by atomic mass is 16.5. The van der Waals surface area contributed by atoms with Crippen LogP contribution in [0.2, 0.25) is 0 Å². The summed E-state index contributed by atoms with van der Waals surface area (Å²) >= 11 is 0. The van der Waals surface area contributed by atoms with Crippen molar-refractivity contribution in [2.24, 2.45) is 0 Å². The molecule has 0 saturated heterocycles. The van der Waals surface area contributed by atoms with E-state index in [4.69, 9.17) is 4.74 Å². The molecular weight excluding hydrogens is 827 g/mol. The van der Waals surface area contributed by atoms with Crippen LogP contribution in [-0.2, 0) is 14.3 Å². The Morgan fingerprint density at radius 1 is 0.403 bits per heavy atom. The summed E-state index contributed by atoms with van der Waals surface area (Å²) in [6.07, 6.45) is 68.1. The van der Waals surface area contributed by atoms with Crippen LogP contribution >= 0.6 is 0 Å². The van der Waals surface area contributed by atoms with Crippen molar-refractivity contribution in [2.45, 2.75) is 353 Å². The van der Waals surface area contributed by atoms with E-state index in [-0.39, 0.29) is 18.5 Å². The number of aliphatic hydroxyl groups excluding tert-OH is 2. The van der Waals surface area contributed by atoms with Gasteiger partial charge in [0.05, 0.1) is 25.4 Å². The van der Waals surface area contributed by atoms with Gasteiger partial charge in [-0.3, -0.25) is 9.59 Å². The molecule has 0 aromatic rings. The molecule has 6 heteroatoms. The van der Waals surface area contributed by atoms with Crippen molar-refractivity contribution in [2.75, 3.05) is 13.2 Å². The van der Waals surface area contributed by atoms with Crippen molar-refractivity contribution in [1.29, 1.82) is 0 Å². The van der Waals surface area contributed by atoms with Crippen molar-refractivity contribution in [3.8, 4) is 0 Å². The van der Waals surface area contributed by atoms with Gasteiger partial charge in [0.1, 0.15) is 0 Å². The zero-order valence-electron chi connectivity index (χ0n) is 45.4. The Kier molecular flexibility index (Phi) is 56.0. The average molecular weight is 947 g/mol. The van der Waals surface area contributed by atoms with Gasteiger partial charge in [0.15, 0.2) is 0 Å². The molecule has 2 unspecified atom stereocenters. The Balaban J connectivity index is 3.43. The number of amides is 1. The van der Waals surface area contributed by atoms with Crippen molar-refractivity contribution in [1.82, 2.24) is 5.32 Å². The average Bonchev–Trinajstić information content (AvgIpc) is 3.33. The van der Waals surface area contributed by atoms with E-state index in [1.54, 1.807) is 6.08 Å². The fourth-order valence-electron chi connectivity index (χ4n) is 9.64. The van der Waals surface area contributed by atoms with Gasteiger partial charge in [0.25, 0.3) is 0 Å². The third kappa shape index (κ3) is 53.8. The van der Waals surface area contributed by atoms with Crippen LogP contribution in [0.1, 0.15) is 341 Å². The molecule has 0 saturated carbocycles. The van der Waals surface area contributed by atoms with Crippen LogP contribution in [0, 0.1) is 0 Å². The van der Waals surface area contributed by atoms with Crippen LogP contribution in [0.25, 0.3) is 0 Å². The lowest BCUT2D eigenvalue weighted by atomic mass is 10.0. The van der Waals surface area contributed by atoms with Crippen LogP contribution in [0.5, 0.6) is 0 Å². The van der Waals surface area contributed by atoms with Crippen LogP contribution in [0.3, 0.4) is 0 Å². The first-order chi connectivity index (χ1) is 33.0. The van der Waals surface area contributed by atoms with Gasteiger partial charge < -0.3 is 20.3 Å². The summed E-state index contributed by atoms with van der Waals surface area (Å²) in [5, 5.41) is 23.2. The van der Waals surface area contributed by atoms with Gasteiger partial charge in [-0.1, -0.05) is 309 Å². The van der Waals surface area contributed by atoms with Gasteiger partial charge in [-0.25, -0.2) is 0 Å². The molecule has 398 valence electrons. The second-order valence-electron chi connectivity index (χ2n) is 21.0. The molecule has 3 N–H and O–H groups in total. The lowest BCUT2D eigenvalue weighted by molar-refractivity contribution is -0.143. The summed E-state index contributed by atoms with van der Waals surface area (Å²) in [5.74, 6) is -0.0651. The summed E-state index contributed by atoms with van der Waals surface area (Å²) in [6, 6.07) is -0.632. The minimum absolute atomic E-state index is 0.00640. The highest BCUT2D eigenvalue weighted by Crippen LogP contribution is 2.18. The minimum atomic E-state index is -0.848. The van der Waals surface area contributed by atoms with Gasteiger partial charge >= 0.3 is 5.97 Å². The first-order valence-electron chi connectivity index (χ1n) is 30.5. The number of unbranched alkanes of at least 4 members (excludes halogenated alkanes) is 46. The molecule has 0 aliphatic rings. The quantitative estimate of drug-likeness (QED) is 0.0321. The van der Waals surface area contributed by atoms with E-state index in [1.807, 2.05) is 6.08 Å². The van der Waals surface area contributed by atoms with Crippen molar-refractivity contribution in [3.05, 3.63) is 12.2 Å². The molecule has 67 heavy (non-hydrogen) atoms. The monoisotopic (exact) mass is 946 g/mol. The van der Waals surface area contributed by atoms with Crippen molar-refractivity contribution >= 4 is 11.9 Å². The highest BCUT2D eigenvalue weighted by Gasteiger charge is 2.18. The number of hydrogen-bond acceptors (Lipinski definition) is 5. The smallest absolute Gasteiger partial charge is 0.305 e. The molecule has 0 rings (SSSR count). The van der Waals surface area contributed by atoms with E-state index in [2.05, 4.69) is 19.2 Å². The van der Waals surface area contributed by atoms with Crippen LogP contribution in [0.4, 0.5) is 0 Å². The number of hydrogen-bond donors (Lipinski definition) is 3. The fraction of sp³-hybridized carbons (Fsp3) is 0.934. The number of carbonyl (C=O) groups is 2. The number of allylic oxidation sites excluding steroid dienone is 1. The number of nitrogens with one attached hydrogen (secondary N) is 1. The molecule has 0 radical (unpaired) electrons. The van der Waals surface area contributed by atoms with Crippen molar-refractivity contribution in [3.63, 3.8) is 0 Å². The van der Waals surface area contributed by atoms with Gasteiger partial charge in [0.2, 0.25) is 5.91 Å². The SMILES string of the molecule is CCCCCCCCCCCCCCCCCC/C=C/C(O)C(CO)NC(=O)CCCCCCCCCCCCCCCCCCOC(=O)CCCCCCCCCCCCCCCCCC. The predicted octanol–water partition coefficient (Wildman–Crippen LogP) is 18.9. The Morgan fingerprint density at radius 3 is 1.01 bits per heavy atom. The number of esters is 1. The van der Waals surface area contributed by atoms with Crippen LogP contribution < -0.4 is 5.32 Å². The number of ether oxygens (including phenoxy) is 1. The first kappa shape index (κ1) is 65.6. The van der Waals surface area contributed by atoms with Crippen LogP contribution in [0.15, 0.2) is 12.2 Å². The van der Waals surface area contributed by atoms with E-state index in [9.17, 15) is 19.8 Å². The fourth-order valence-corrected chi connectivity index (χ4v) is 9.64. The Bertz CT molecular complexity index is 1000. The molecule has 0 spiro atoms. The Hall–Kier alpha value is -1.40. The molecule has 2 atom stereocenters. The van der Waals surface area contributed by atoms with E-state index < -0.39 is 12.1 Å². The standard InChI is InChI=1S/C61H119NO5/c1-3-5-7-9-11-13-15-17-19-21-22-25-29-33-37-41-45-49-53-59(64)58(57-63)62-60(65)54-50-46-42-38-34-30-26-23-24-28-32-36-40-44-48-52-56-67-61(66)55-51-47-43-39-35-31-27-20-18-16-14-12-10-8-6-4-2/h49,53,58-59,63-64H,3-48,50-52,54-57H2,1-2H3,(H,62,65)/b53-49+. The van der Waals surface area contributed by atoms with Gasteiger partial charge in [-0.05, 0) is 32.1 Å². The third-order valence-electron chi connectivity index (χ3n) is 14.3. The summed E-state index contributed by atoms with van der Waals surface area (Å²) < 4.78 is 5.49. The topological polar surface area (TPSA) is 95.9 Å². The Labute approximate surface area is 419 Å². The van der Waals surface area contributed by atoms with Crippen LogP contribution in [-0.4, -0.2) is 47.4 Å². The lowest BCUT2D eigenvalue weighted by Gasteiger charge is -2.20. The molecule has 0 bridgehead atoms. The maximum atomic E-state index is 12.5. The molecule has 0 fully saturated rings. The van der Waals surface area contributed by atoms with E-state index in [1.165, 1.54) is 270 Å². The van der Waals surface area contributed by atoms with E-state index >= 15 is 0 Å². The minimum Gasteiger partial charge on any atom is -0.466 e. The summed E-state index contributed by atoms with van der Waals surface area (Å²) in [6.45, 7) is 4.92. The largest absolute Gasteiger partial charge is 0.466 e. The summed E-state index contributed by atoms with van der Waals surface area (Å²) in [4.78, 5) is 24.6. The molecule has 0 aromatic heterocycles. The number of carbonyl (C=O) groups excluding carboxylic acids is 2. The third-order valence-corrected chi connectivity index (χ3v) is 14.3. The second kappa shape index (κ2) is 57.2. The van der Waals surface area contributed by atoms with E-state index in [0.29, 0.717) is 19.4 Å². The maximum absolute atomic E-state index is 12.5. The predicted molar refractivity (Wildman–Crippen MR) is 292 cm³/mol. The molecule has 0 aliphatic carbocycles. The Morgan fingerprint density at radius 2 is 0.687 bits per heavy atom. The van der Waals surface area contributed by atoms with Gasteiger partial charge in [-0.15, -0.1) is 0 Å². The van der Waals surface area contributed by atoms with E-state index in [0.717, 1.165) is 44.9 Å². The molecule has 6 nitrogen and oxygen atoms in total. The molecular formula is C61H119NO5. The first-order valence-corrected chi connectivity index (χ1v) is 30.5. The molecule has 0 aromatic carbocycles. The number of aliphatic hydroxyl groups is 2. The summed E-state index contributed by atoms with van der Waals surface area (Å²) in [5.41, 5.74) is 0. The molecule has 1 amide bonds. The lowest BCUT2D eigenvalue weighted by Crippen LogP contribution is -2.45. The number of rotatable bonds is 57. The van der Waals surface area contributed by atoms with Gasteiger partial charge in [-0.2, -0.15) is 0 Å². The van der Waals surface area contributed by atoms with Gasteiger partial charge in [0, 0.05) is 12.8 Å². The highest BCUT2D eigenvalue weighted by molar-refractivity contribution is 5.76. The molecule has 0 aliphatic heterocycles. The zero-order chi connectivity index (χ0) is 48.6. The maximum Gasteiger partial charge on any atom is 0.305 e.